The standard InChI is InChI=1S/C23H21N5O4/c1-31-20-12-11-19(13-21(20)32-15-17-5-3-2-4-6-17)22-24-26-27-28(22)14-16-7-9-18(10-8-16)23(29)25-30/h2-13,30H,14-15H2,1H3,(H,25,29). The van der Waals surface area contributed by atoms with Gasteiger partial charge >= 0.3 is 0 Å². The molecule has 0 aliphatic heterocycles. The SMILES string of the molecule is COc1ccc(-c2nnnn2Cc2ccc(C(=O)NO)cc2)cc1OCc1ccccc1. The second kappa shape index (κ2) is 9.71. The third-order valence-corrected chi connectivity index (χ3v) is 4.84. The number of ether oxygens (including phenoxy) is 2. The van der Waals surface area contributed by atoms with Crippen LogP contribution in [0.1, 0.15) is 21.5 Å². The number of hydrogen-bond acceptors (Lipinski definition) is 7. The summed E-state index contributed by atoms with van der Waals surface area (Å²) < 4.78 is 13.1. The smallest absolute Gasteiger partial charge is 0.274 e. The first-order chi connectivity index (χ1) is 15.7. The van der Waals surface area contributed by atoms with Gasteiger partial charge in [0, 0.05) is 11.1 Å². The van der Waals surface area contributed by atoms with Crippen molar-refractivity contribution in [3.63, 3.8) is 0 Å². The van der Waals surface area contributed by atoms with Crippen molar-refractivity contribution < 1.29 is 19.5 Å². The Morgan fingerprint density at radius 2 is 1.78 bits per heavy atom. The number of amides is 1. The molecule has 32 heavy (non-hydrogen) atoms. The molecule has 1 heterocycles. The number of rotatable bonds is 8. The van der Waals surface area contributed by atoms with Gasteiger partial charge in [-0.05, 0) is 51.9 Å². The van der Waals surface area contributed by atoms with E-state index in [0.29, 0.717) is 36.0 Å². The van der Waals surface area contributed by atoms with Crippen molar-refractivity contribution in [2.75, 3.05) is 7.11 Å². The van der Waals surface area contributed by atoms with E-state index in [4.69, 9.17) is 14.7 Å². The molecule has 0 saturated heterocycles. The highest BCUT2D eigenvalue weighted by atomic mass is 16.5. The molecule has 0 saturated carbocycles. The molecule has 0 aliphatic carbocycles. The number of nitrogens with one attached hydrogen (secondary N) is 1. The van der Waals surface area contributed by atoms with Crippen molar-refractivity contribution >= 4 is 5.91 Å². The van der Waals surface area contributed by atoms with Crippen LogP contribution in [-0.2, 0) is 13.2 Å². The van der Waals surface area contributed by atoms with Gasteiger partial charge in [-0.2, -0.15) is 0 Å². The van der Waals surface area contributed by atoms with Gasteiger partial charge in [0.15, 0.2) is 17.3 Å². The van der Waals surface area contributed by atoms with Gasteiger partial charge in [-0.3, -0.25) is 10.0 Å². The Kier molecular flexibility index (Phi) is 6.38. The van der Waals surface area contributed by atoms with Crippen LogP contribution in [0.25, 0.3) is 11.4 Å². The third kappa shape index (κ3) is 4.73. The van der Waals surface area contributed by atoms with Crippen LogP contribution in [0.15, 0.2) is 72.8 Å². The topological polar surface area (TPSA) is 111 Å². The van der Waals surface area contributed by atoms with Crippen molar-refractivity contribution in [2.45, 2.75) is 13.2 Å². The summed E-state index contributed by atoms with van der Waals surface area (Å²) in [4.78, 5) is 11.5. The molecule has 2 N–H and O–H groups in total. The van der Waals surface area contributed by atoms with Crippen molar-refractivity contribution in [2.24, 2.45) is 0 Å². The molecule has 0 spiro atoms. The van der Waals surface area contributed by atoms with Crippen LogP contribution in [0.2, 0.25) is 0 Å². The van der Waals surface area contributed by atoms with E-state index in [1.165, 1.54) is 0 Å². The van der Waals surface area contributed by atoms with Gasteiger partial charge in [-0.1, -0.05) is 42.5 Å². The van der Waals surface area contributed by atoms with E-state index in [1.807, 2.05) is 48.5 Å². The van der Waals surface area contributed by atoms with Crippen molar-refractivity contribution in [3.05, 3.63) is 89.5 Å². The highest BCUT2D eigenvalue weighted by Crippen LogP contribution is 2.32. The fourth-order valence-electron chi connectivity index (χ4n) is 3.18. The zero-order chi connectivity index (χ0) is 22.3. The van der Waals surface area contributed by atoms with Crippen molar-refractivity contribution in [3.8, 4) is 22.9 Å². The summed E-state index contributed by atoms with van der Waals surface area (Å²) in [7, 11) is 1.59. The summed E-state index contributed by atoms with van der Waals surface area (Å²) in [6, 6.07) is 22.2. The van der Waals surface area contributed by atoms with Gasteiger partial charge in [0.05, 0.1) is 13.7 Å². The van der Waals surface area contributed by atoms with Crippen LogP contribution in [0.4, 0.5) is 0 Å². The number of hydrogen-bond donors (Lipinski definition) is 2. The van der Waals surface area contributed by atoms with E-state index < -0.39 is 5.91 Å². The summed E-state index contributed by atoms with van der Waals surface area (Å²) >= 11 is 0. The molecule has 0 atom stereocenters. The minimum atomic E-state index is -0.569. The van der Waals surface area contributed by atoms with E-state index in [9.17, 15) is 4.79 Å². The van der Waals surface area contributed by atoms with Crippen molar-refractivity contribution in [1.29, 1.82) is 0 Å². The Morgan fingerprint density at radius 1 is 1.00 bits per heavy atom. The maximum Gasteiger partial charge on any atom is 0.274 e. The first-order valence-corrected chi connectivity index (χ1v) is 9.82. The highest BCUT2D eigenvalue weighted by molar-refractivity contribution is 5.93. The van der Waals surface area contributed by atoms with Crippen LogP contribution in [-0.4, -0.2) is 38.4 Å². The molecule has 9 nitrogen and oxygen atoms in total. The van der Waals surface area contributed by atoms with Gasteiger partial charge in [-0.15, -0.1) is 5.10 Å². The van der Waals surface area contributed by atoms with Gasteiger partial charge in [0.2, 0.25) is 0 Å². The number of carbonyl (C=O) groups excluding carboxylic acids is 1. The molecule has 0 aliphatic rings. The number of tetrazole rings is 1. The number of carbonyl (C=O) groups is 1. The average Bonchev–Trinajstić information content (AvgIpc) is 3.31. The summed E-state index contributed by atoms with van der Waals surface area (Å²) in [5.74, 6) is 1.19. The predicted molar refractivity (Wildman–Crippen MR) is 115 cm³/mol. The van der Waals surface area contributed by atoms with Crippen LogP contribution >= 0.6 is 0 Å². The molecular formula is C23H21N5O4. The molecule has 1 aromatic heterocycles. The van der Waals surface area contributed by atoms with Crippen molar-refractivity contribution in [1.82, 2.24) is 25.7 Å². The summed E-state index contributed by atoms with van der Waals surface area (Å²) in [6.07, 6.45) is 0. The van der Waals surface area contributed by atoms with Crippen LogP contribution < -0.4 is 15.0 Å². The Labute approximate surface area is 184 Å². The molecule has 4 aromatic rings. The number of hydroxylamine groups is 1. The summed E-state index contributed by atoms with van der Waals surface area (Å²) in [6.45, 7) is 0.801. The molecule has 0 radical (unpaired) electrons. The molecule has 3 aromatic carbocycles. The van der Waals surface area contributed by atoms with E-state index in [-0.39, 0.29) is 0 Å². The Hall–Kier alpha value is -4.24. The Morgan fingerprint density at radius 3 is 2.50 bits per heavy atom. The molecule has 162 valence electrons. The van der Waals surface area contributed by atoms with E-state index in [1.54, 1.807) is 41.5 Å². The fourth-order valence-corrected chi connectivity index (χ4v) is 3.18. The van der Waals surface area contributed by atoms with Gasteiger partial charge in [0.25, 0.3) is 5.91 Å². The monoisotopic (exact) mass is 431 g/mol. The zero-order valence-corrected chi connectivity index (χ0v) is 17.3. The largest absolute Gasteiger partial charge is 0.493 e. The molecule has 0 unspecified atom stereocenters. The van der Waals surface area contributed by atoms with Gasteiger partial charge in [0.1, 0.15) is 6.61 Å². The normalized spacial score (nSPS) is 10.6. The minimum Gasteiger partial charge on any atom is -0.493 e. The predicted octanol–water partition coefficient (Wildman–Crippen LogP) is 3.10. The molecule has 1 amide bonds. The highest BCUT2D eigenvalue weighted by Gasteiger charge is 2.14. The van der Waals surface area contributed by atoms with Gasteiger partial charge < -0.3 is 9.47 Å². The third-order valence-electron chi connectivity index (χ3n) is 4.84. The van der Waals surface area contributed by atoms with Crippen LogP contribution in [0.5, 0.6) is 11.5 Å². The molecule has 0 bridgehead atoms. The lowest BCUT2D eigenvalue weighted by atomic mass is 10.1. The number of benzene rings is 3. The first-order valence-electron chi connectivity index (χ1n) is 9.82. The minimum absolute atomic E-state index is 0.351. The van der Waals surface area contributed by atoms with E-state index in [0.717, 1.165) is 16.7 Å². The number of nitrogens with zero attached hydrogens (tertiary/aromatic N) is 4. The number of aromatic nitrogens is 4. The lowest BCUT2D eigenvalue weighted by molar-refractivity contribution is 0.0706. The lowest BCUT2D eigenvalue weighted by Crippen LogP contribution is -2.18. The summed E-state index contributed by atoms with van der Waals surface area (Å²) in [5.41, 5.74) is 4.67. The number of methoxy groups -OCH3 is 1. The van der Waals surface area contributed by atoms with E-state index >= 15 is 0 Å². The fraction of sp³-hybridized carbons (Fsp3) is 0.130. The average molecular weight is 431 g/mol. The quantitative estimate of drug-likeness (QED) is 0.326. The Bertz CT molecular complexity index is 1190. The van der Waals surface area contributed by atoms with Crippen LogP contribution in [0, 0.1) is 0 Å². The molecular weight excluding hydrogens is 410 g/mol. The second-order valence-electron chi connectivity index (χ2n) is 6.94. The zero-order valence-electron chi connectivity index (χ0n) is 17.3. The maximum absolute atomic E-state index is 11.5. The maximum atomic E-state index is 11.5. The molecule has 4 rings (SSSR count). The molecule has 9 heteroatoms. The summed E-state index contributed by atoms with van der Waals surface area (Å²) in [5, 5.41) is 20.8. The second-order valence-corrected chi connectivity index (χ2v) is 6.94. The van der Waals surface area contributed by atoms with E-state index in [2.05, 4.69) is 15.5 Å². The van der Waals surface area contributed by atoms with Crippen LogP contribution in [0.3, 0.4) is 0 Å². The lowest BCUT2D eigenvalue weighted by Gasteiger charge is -2.12. The molecule has 0 fully saturated rings. The first kappa shape index (κ1) is 21.0. The Balaban J connectivity index is 1.55. The van der Waals surface area contributed by atoms with Gasteiger partial charge in [-0.25, -0.2) is 10.2 Å².